The fourth-order valence-corrected chi connectivity index (χ4v) is 3.14. The fourth-order valence-electron chi connectivity index (χ4n) is 3.14. The zero-order valence-electron chi connectivity index (χ0n) is 11.3. The number of hydrogen-bond donors (Lipinski definition) is 2. The third-order valence-electron chi connectivity index (χ3n) is 4.63. The number of rotatable bonds is 4. The maximum atomic E-state index is 14.5. The minimum atomic E-state index is -1.03. The van der Waals surface area contributed by atoms with E-state index in [1.54, 1.807) is 0 Å². The summed E-state index contributed by atoms with van der Waals surface area (Å²) in [7, 11) is 0. The lowest BCUT2D eigenvalue weighted by molar-refractivity contribution is 0.0973. The van der Waals surface area contributed by atoms with E-state index in [-0.39, 0.29) is 6.04 Å². The molecule has 19 heavy (non-hydrogen) atoms. The first kappa shape index (κ1) is 13.1. The van der Waals surface area contributed by atoms with Crippen molar-refractivity contribution in [1.29, 1.82) is 0 Å². The van der Waals surface area contributed by atoms with E-state index in [1.807, 2.05) is 6.07 Å². The second-order valence-electron chi connectivity index (χ2n) is 6.23. The standard InChI is InChI=1S/C16H23FN2/c17-16(8-6-13(18)7-9-16)11-19-15-10-14(15)12-4-2-1-3-5-12/h1-5,13-15,19H,6-11,18H2/t13-,14?,15?,16+. The first-order valence-corrected chi connectivity index (χ1v) is 7.39. The van der Waals surface area contributed by atoms with Crippen LogP contribution in [0.1, 0.15) is 43.6 Å². The van der Waals surface area contributed by atoms with Gasteiger partial charge in [-0.3, -0.25) is 0 Å². The third kappa shape index (κ3) is 3.15. The van der Waals surface area contributed by atoms with Crippen molar-refractivity contribution in [3.05, 3.63) is 35.9 Å². The molecule has 0 radical (unpaired) electrons. The average Bonchev–Trinajstić information content (AvgIpc) is 3.21. The normalized spacial score (nSPS) is 38.1. The molecule has 3 N–H and O–H groups in total. The Kier molecular flexibility index (Phi) is 3.59. The van der Waals surface area contributed by atoms with E-state index >= 15 is 0 Å². The minimum Gasteiger partial charge on any atom is -0.328 e. The Morgan fingerprint density at radius 1 is 1.21 bits per heavy atom. The molecule has 0 aliphatic heterocycles. The lowest BCUT2D eigenvalue weighted by atomic mass is 9.84. The Balaban J connectivity index is 1.47. The molecule has 2 saturated carbocycles. The van der Waals surface area contributed by atoms with Crippen molar-refractivity contribution in [1.82, 2.24) is 5.32 Å². The first-order chi connectivity index (χ1) is 9.16. The Morgan fingerprint density at radius 3 is 2.58 bits per heavy atom. The second-order valence-corrected chi connectivity index (χ2v) is 6.23. The van der Waals surface area contributed by atoms with Crippen molar-refractivity contribution in [3.63, 3.8) is 0 Å². The molecule has 104 valence electrons. The van der Waals surface area contributed by atoms with Crippen molar-refractivity contribution < 1.29 is 4.39 Å². The SMILES string of the molecule is N[C@H]1CC[C@](F)(CNC2CC2c2ccccc2)CC1. The van der Waals surface area contributed by atoms with E-state index in [1.165, 1.54) is 5.56 Å². The topological polar surface area (TPSA) is 38.0 Å². The molecule has 3 rings (SSSR count). The summed E-state index contributed by atoms with van der Waals surface area (Å²) < 4.78 is 14.5. The van der Waals surface area contributed by atoms with Gasteiger partial charge in [-0.05, 0) is 37.7 Å². The van der Waals surface area contributed by atoms with E-state index in [0.717, 1.165) is 19.3 Å². The van der Waals surface area contributed by atoms with Crippen molar-refractivity contribution in [3.8, 4) is 0 Å². The van der Waals surface area contributed by atoms with Gasteiger partial charge in [0.05, 0.1) is 0 Å². The molecule has 3 heteroatoms. The summed E-state index contributed by atoms with van der Waals surface area (Å²) in [5.74, 6) is 0.579. The number of nitrogens with two attached hydrogens (primary N) is 1. The summed E-state index contributed by atoms with van der Waals surface area (Å²) in [6.45, 7) is 0.494. The van der Waals surface area contributed by atoms with Gasteiger partial charge in [0, 0.05) is 24.5 Å². The summed E-state index contributed by atoms with van der Waals surface area (Å²) in [6, 6.07) is 11.2. The Morgan fingerprint density at radius 2 is 1.89 bits per heavy atom. The van der Waals surface area contributed by atoms with Crippen LogP contribution in [0.3, 0.4) is 0 Å². The maximum absolute atomic E-state index is 14.5. The molecule has 0 heterocycles. The Hall–Kier alpha value is -0.930. The number of halogens is 1. The van der Waals surface area contributed by atoms with E-state index in [2.05, 4.69) is 29.6 Å². The van der Waals surface area contributed by atoms with Crippen LogP contribution >= 0.6 is 0 Å². The highest BCUT2D eigenvalue weighted by atomic mass is 19.1. The molecule has 2 nitrogen and oxygen atoms in total. The van der Waals surface area contributed by atoms with Gasteiger partial charge in [-0.2, -0.15) is 0 Å². The predicted octanol–water partition coefficient (Wildman–Crippen LogP) is 2.74. The summed E-state index contributed by atoms with van der Waals surface area (Å²) in [5, 5.41) is 3.41. The maximum Gasteiger partial charge on any atom is 0.123 e. The van der Waals surface area contributed by atoms with Gasteiger partial charge in [0.2, 0.25) is 0 Å². The van der Waals surface area contributed by atoms with Crippen LogP contribution in [-0.2, 0) is 0 Å². The Bertz CT molecular complexity index is 412. The van der Waals surface area contributed by atoms with Gasteiger partial charge < -0.3 is 11.1 Å². The van der Waals surface area contributed by atoms with Gasteiger partial charge in [-0.15, -0.1) is 0 Å². The number of nitrogens with one attached hydrogen (secondary N) is 1. The number of benzene rings is 1. The highest BCUT2D eigenvalue weighted by Gasteiger charge is 2.41. The van der Waals surface area contributed by atoms with Crippen LogP contribution in [0.25, 0.3) is 0 Å². The monoisotopic (exact) mass is 262 g/mol. The van der Waals surface area contributed by atoms with E-state index in [4.69, 9.17) is 5.73 Å². The van der Waals surface area contributed by atoms with Crippen LogP contribution in [-0.4, -0.2) is 24.3 Å². The lowest BCUT2D eigenvalue weighted by Crippen LogP contribution is -2.43. The van der Waals surface area contributed by atoms with Crippen LogP contribution in [0.5, 0.6) is 0 Å². The molecule has 0 spiro atoms. The van der Waals surface area contributed by atoms with Crippen LogP contribution in [0.2, 0.25) is 0 Å². The lowest BCUT2D eigenvalue weighted by Gasteiger charge is -2.32. The summed E-state index contributed by atoms with van der Waals surface area (Å²) in [6.07, 6.45) is 4.02. The summed E-state index contributed by atoms with van der Waals surface area (Å²) in [4.78, 5) is 0. The Labute approximate surface area is 114 Å². The van der Waals surface area contributed by atoms with Crippen LogP contribution in [0.4, 0.5) is 4.39 Å². The zero-order chi connectivity index (χ0) is 13.3. The minimum absolute atomic E-state index is 0.210. The van der Waals surface area contributed by atoms with Crippen molar-refractivity contribution in [2.24, 2.45) is 5.73 Å². The summed E-state index contributed by atoms with van der Waals surface area (Å²) in [5.41, 5.74) is 6.18. The molecule has 0 bridgehead atoms. The molecule has 2 atom stereocenters. The quantitative estimate of drug-likeness (QED) is 0.875. The zero-order valence-corrected chi connectivity index (χ0v) is 11.3. The van der Waals surface area contributed by atoms with Crippen molar-refractivity contribution >= 4 is 0 Å². The van der Waals surface area contributed by atoms with Crippen LogP contribution < -0.4 is 11.1 Å². The highest BCUT2D eigenvalue weighted by Crippen LogP contribution is 2.41. The van der Waals surface area contributed by atoms with Gasteiger partial charge >= 0.3 is 0 Å². The molecule has 1 aromatic rings. The average molecular weight is 262 g/mol. The molecule has 0 aromatic heterocycles. The molecule has 2 unspecified atom stereocenters. The summed E-state index contributed by atoms with van der Waals surface area (Å²) >= 11 is 0. The number of hydrogen-bond acceptors (Lipinski definition) is 2. The van der Waals surface area contributed by atoms with Crippen molar-refractivity contribution in [2.75, 3.05) is 6.54 Å². The predicted molar refractivity (Wildman–Crippen MR) is 75.9 cm³/mol. The third-order valence-corrected chi connectivity index (χ3v) is 4.63. The fraction of sp³-hybridized carbons (Fsp3) is 0.625. The van der Waals surface area contributed by atoms with Crippen molar-refractivity contribution in [2.45, 2.75) is 55.8 Å². The molecule has 0 amide bonds. The van der Waals surface area contributed by atoms with E-state index < -0.39 is 5.67 Å². The van der Waals surface area contributed by atoms with Crippen LogP contribution in [0.15, 0.2) is 30.3 Å². The molecule has 2 aliphatic carbocycles. The highest BCUT2D eigenvalue weighted by molar-refractivity contribution is 5.27. The van der Waals surface area contributed by atoms with Gasteiger partial charge in [-0.1, -0.05) is 30.3 Å². The molecular weight excluding hydrogens is 239 g/mol. The van der Waals surface area contributed by atoms with Crippen LogP contribution in [0, 0.1) is 0 Å². The largest absolute Gasteiger partial charge is 0.328 e. The first-order valence-electron chi connectivity index (χ1n) is 7.39. The molecule has 0 saturated heterocycles. The van der Waals surface area contributed by atoms with E-state index in [9.17, 15) is 4.39 Å². The number of alkyl halides is 1. The second kappa shape index (κ2) is 5.22. The molecular formula is C16H23FN2. The van der Waals surface area contributed by atoms with Gasteiger partial charge in [-0.25, -0.2) is 4.39 Å². The van der Waals surface area contributed by atoms with Gasteiger partial charge in [0.1, 0.15) is 5.67 Å². The molecule has 2 aliphatic rings. The smallest absolute Gasteiger partial charge is 0.123 e. The van der Waals surface area contributed by atoms with Gasteiger partial charge in [0.15, 0.2) is 0 Å². The van der Waals surface area contributed by atoms with E-state index in [0.29, 0.717) is 31.3 Å². The van der Waals surface area contributed by atoms with Gasteiger partial charge in [0.25, 0.3) is 0 Å². The molecule has 1 aromatic carbocycles. The molecule has 2 fully saturated rings.